The number of amides is 2. The molecule has 2 aromatic rings. The lowest BCUT2D eigenvalue weighted by molar-refractivity contribution is -0.125. The van der Waals surface area contributed by atoms with E-state index >= 15 is 0 Å². The van der Waals surface area contributed by atoms with Gasteiger partial charge >= 0.3 is 0 Å². The summed E-state index contributed by atoms with van der Waals surface area (Å²) in [6, 6.07) is 7.45. The number of carbonyl (C=O) groups excluding carboxylic acids is 2. The summed E-state index contributed by atoms with van der Waals surface area (Å²) in [7, 11) is 3.52. The third-order valence-electron chi connectivity index (χ3n) is 5.89. The SMILES string of the molecule is CNC(=O)[C@H]1CC2(N(C)C(=O)c3cc4cccc(Cl)c4[nH]3)CC1C2. The summed E-state index contributed by atoms with van der Waals surface area (Å²) in [6.07, 6.45) is 2.57. The zero-order valence-electron chi connectivity index (χ0n) is 13.7. The van der Waals surface area contributed by atoms with E-state index in [9.17, 15) is 9.59 Å². The Morgan fingerprint density at radius 1 is 1.33 bits per heavy atom. The molecule has 3 saturated carbocycles. The van der Waals surface area contributed by atoms with Crippen LogP contribution in [0.25, 0.3) is 10.9 Å². The Kier molecular flexibility index (Phi) is 3.39. The van der Waals surface area contributed by atoms with E-state index in [1.807, 2.05) is 30.1 Å². The summed E-state index contributed by atoms with van der Waals surface area (Å²) in [5.74, 6) is 0.482. The molecule has 3 fully saturated rings. The van der Waals surface area contributed by atoms with Crippen LogP contribution >= 0.6 is 11.6 Å². The lowest BCUT2D eigenvalue weighted by atomic mass is 9.75. The number of aromatic nitrogens is 1. The molecule has 3 aliphatic carbocycles. The second-order valence-corrected chi connectivity index (χ2v) is 7.48. The molecule has 0 saturated heterocycles. The molecule has 0 aliphatic heterocycles. The number of H-pyrrole nitrogens is 1. The normalized spacial score (nSPS) is 27.8. The van der Waals surface area contributed by atoms with Gasteiger partial charge in [0.05, 0.1) is 10.5 Å². The zero-order valence-corrected chi connectivity index (χ0v) is 14.5. The summed E-state index contributed by atoms with van der Waals surface area (Å²) < 4.78 is 0. The lowest BCUT2D eigenvalue weighted by Crippen LogP contribution is -2.52. The van der Waals surface area contributed by atoms with Crippen LogP contribution in [0.3, 0.4) is 0 Å². The molecule has 1 heterocycles. The average Bonchev–Trinajstić information content (AvgIpc) is 3.23. The number of hydrogen-bond donors (Lipinski definition) is 2. The first-order valence-corrected chi connectivity index (χ1v) is 8.60. The number of halogens is 1. The Hall–Kier alpha value is -2.01. The van der Waals surface area contributed by atoms with Crippen molar-refractivity contribution < 1.29 is 9.59 Å². The van der Waals surface area contributed by atoms with Gasteiger partial charge in [-0.15, -0.1) is 0 Å². The van der Waals surface area contributed by atoms with Gasteiger partial charge in [0, 0.05) is 30.9 Å². The molecule has 1 aromatic carbocycles. The minimum atomic E-state index is -0.181. The third kappa shape index (κ3) is 2.07. The molecular formula is C18H20ClN3O2. The van der Waals surface area contributed by atoms with E-state index in [1.54, 1.807) is 13.1 Å². The molecule has 2 N–H and O–H groups in total. The van der Waals surface area contributed by atoms with Crippen LogP contribution in [0.15, 0.2) is 24.3 Å². The first-order valence-electron chi connectivity index (χ1n) is 8.22. The Morgan fingerprint density at radius 3 is 2.75 bits per heavy atom. The topological polar surface area (TPSA) is 65.2 Å². The van der Waals surface area contributed by atoms with Crippen molar-refractivity contribution in [1.29, 1.82) is 0 Å². The molecule has 1 atom stereocenters. The molecule has 6 heteroatoms. The van der Waals surface area contributed by atoms with Crippen LogP contribution in [0, 0.1) is 11.8 Å². The Bertz CT molecular complexity index is 838. The van der Waals surface area contributed by atoms with Crippen LogP contribution in [0.1, 0.15) is 29.8 Å². The molecule has 5 rings (SSSR count). The molecular weight excluding hydrogens is 326 g/mol. The quantitative estimate of drug-likeness (QED) is 0.898. The number of benzene rings is 1. The Morgan fingerprint density at radius 2 is 2.08 bits per heavy atom. The van der Waals surface area contributed by atoms with E-state index in [0.717, 1.165) is 30.2 Å². The number of fused-ring (bicyclic) bond motifs is 2. The van der Waals surface area contributed by atoms with Gasteiger partial charge in [-0.3, -0.25) is 9.59 Å². The van der Waals surface area contributed by atoms with Crippen LogP contribution in [0.4, 0.5) is 0 Å². The van der Waals surface area contributed by atoms with E-state index in [-0.39, 0.29) is 23.3 Å². The second-order valence-electron chi connectivity index (χ2n) is 7.07. The molecule has 2 bridgehead atoms. The maximum Gasteiger partial charge on any atom is 0.270 e. The second kappa shape index (κ2) is 5.24. The number of nitrogens with one attached hydrogen (secondary N) is 2. The van der Waals surface area contributed by atoms with Gasteiger partial charge in [-0.25, -0.2) is 0 Å². The number of rotatable bonds is 3. The minimum absolute atomic E-state index is 0.0300. The molecule has 1 aromatic heterocycles. The molecule has 0 radical (unpaired) electrons. The van der Waals surface area contributed by atoms with Gasteiger partial charge in [-0.1, -0.05) is 23.7 Å². The van der Waals surface area contributed by atoms with E-state index in [4.69, 9.17) is 11.6 Å². The number of para-hydroxylation sites is 1. The molecule has 0 unspecified atom stereocenters. The standard InChI is InChI=1S/C18H20ClN3O2/c1-20-16(23)12-9-18(7-11(12)8-18)22(2)17(24)14-6-10-4-3-5-13(19)15(10)21-14/h3-6,11-12,21H,7-9H2,1-2H3,(H,20,23)/t11?,12-,18?/m0/s1. The van der Waals surface area contributed by atoms with Crippen LogP contribution in [-0.2, 0) is 4.79 Å². The van der Waals surface area contributed by atoms with E-state index < -0.39 is 0 Å². The number of hydrogen-bond acceptors (Lipinski definition) is 2. The summed E-state index contributed by atoms with van der Waals surface area (Å²) in [5.41, 5.74) is 1.15. The van der Waals surface area contributed by atoms with Crippen molar-refractivity contribution in [2.75, 3.05) is 14.1 Å². The zero-order chi connectivity index (χ0) is 17.1. The van der Waals surface area contributed by atoms with Crippen molar-refractivity contribution in [1.82, 2.24) is 15.2 Å². The van der Waals surface area contributed by atoms with Crippen molar-refractivity contribution in [3.8, 4) is 0 Å². The van der Waals surface area contributed by atoms with Gasteiger partial charge in [-0.2, -0.15) is 0 Å². The van der Waals surface area contributed by atoms with Gasteiger partial charge in [0.25, 0.3) is 5.91 Å². The van der Waals surface area contributed by atoms with Gasteiger partial charge in [-0.05, 0) is 37.3 Å². The first kappa shape index (κ1) is 15.5. The largest absolute Gasteiger partial charge is 0.359 e. The lowest BCUT2D eigenvalue weighted by Gasteiger charge is -2.45. The summed E-state index contributed by atoms with van der Waals surface area (Å²) in [5, 5.41) is 4.28. The minimum Gasteiger partial charge on any atom is -0.359 e. The smallest absolute Gasteiger partial charge is 0.270 e. The monoisotopic (exact) mass is 345 g/mol. The van der Waals surface area contributed by atoms with Gasteiger partial charge in [0.2, 0.25) is 5.91 Å². The molecule has 24 heavy (non-hydrogen) atoms. The first-order chi connectivity index (χ1) is 11.4. The van der Waals surface area contributed by atoms with Crippen molar-refractivity contribution >= 4 is 34.3 Å². The summed E-state index contributed by atoms with van der Waals surface area (Å²) >= 11 is 6.19. The van der Waals surface area contributed by atoms with Gasteiger partial charge in [0.1, 0.15) is 5.69 Å². The molecule has 3 aliphatic rings. The van der Waals surface area contributed by atoms with Crippen LogP contribution in [0.5, 0.6) is 0 Å². The highest BCUT2D eigenvalue weighted by molar-refractivity contribution is 6.35. The number of carbonyl (C=O) groups is 2. The summed E-state index contributed by atoms with van der Waals surface area (Å²) in [6.45, 7) is 0. The predicted octanol–water partition coefficient (Wildman–Crippen LogP) is 2.81. The van der Waals surface area contributed by atoms with Crippen molar-refractivity contribution in [3.63, 3.8) is 0 Å². The number of nitrogens with zero attached hydrogens (tertiary/aromatic N) is 1. The maximum atomic E-state index is 12.9. The van der Waals surface area contributed by atoms with Crippen molar-refractivity contribution in [3.05, 3.63) is 35.0 Å². The summed E-state index contributed by atoms with van der Waals surface area (Å²) in [4.78, 5) is 29.9. The fourth-order valence-corrected chi connectivity index (χ4v) is 4.71. The van der Waals surface area contributed by atoms with E-state index in [1.165, 1.54) is 0 Å². The highest BCUT2D eigenvalue weighted by Gasteiger charge is 2.61. The fourth-order valence-electron chi connectivity index (χ4n) is 4.48. The van der Waals surface area contributed by atoms with Crippen molar-refractivity contribution in [2.24, 2.45) is 11.8 Å². The highest BCUT2D eigenvalue weighted by atomic mass is 35.5. The van der Waals surface area contributed by atoms with E-state index in [2.05, 4.69) is 10.3 Å². The maximum absolute atomic E-state index is 12.9. The van der Waals surface area contributed by atoms with Crippen LogP contribution < -0.4 is 5.32 Å². The molecule has 2 amide bonds. The fraction of sp³-hybridized carbons (Fsp3) is 0.444. The van der Waals surface area contributed by atoms with Crippen LogP contribution in [-0.4, -0.2) is 41.3 Å². The third-order valence-corrected chi connectivity index (χ3v) is 6.20. The van der Waals surface area contributed by atoms with E-state index in [0.29, 0.717) is 16.6 Å². The Labute approximate surface area is 145 Å². The Balaban J connectivity index is 1.58. The average molecular weight is 346 g/mol. The van der Waals surface area contributed by atoms with Gasteiger partial charge in [0.15, 0.2) is 0 Å². The van der Waals surface area contributed by atoms with Gasteiger partial charge < -0.3 is 15.2 Å². The molecule has 0 spiro atoms. The highest BCUT2D eigenvalue weighted by Crippen LogP contribution is 2.58. The predicted molar refractivity (Wildman–Crippen MR) is 93.0 cm³/mol. The van der Waals surface area contributed by atoms with Crippen molar-refractivity contribution in [2.45, 2.75) is 24.8 Å². The number of aromatic amines is 1. The molecule has 126 valence electrons. The van der Waals surface area contributed by atoms with Crippen LogP contribution in [0.2, 0.25) is 5.02 Å². The molecule has 5 nitrogen and oxygen atoms in total.